The van der Waals surface area contributed by atoms with E-state index in [4.69, 9.17) is 9.47 Å². The molecule has 172 valence electrons. The van der Waals surface area contributed by atoms with Gasteiger partial charge in [-0.25, -0.2) is 4.79 Å². The Balaban J connectivity index is 2.17. The SMILES string of the molecule is COC(=O)[C@@H]1C(=O)C2=C(C[C@@H]1C)NC(C)=C(C(=O)OC(C)C)[C@@H]2c1ccc(N(C)C)cc1. The number of nitrogens with zero attached hydrogens (tertiary/aromatic N) is 1. The minimum absolute atomic E-state index is 0.213. The second kappa shape index (κ2) is 9.18. The van der Waals surface area contributed by atoms with Crippen LogP contribution in [0.25, 0.3) is 0 Å². The maximum atomic E-state index is 13.6. The number of hydrogen-bond donors (Lipinski definition) is 1. The van der Waals surface area contributed by atoms with Crippen molar-refractivity contribution < 1.29 is 23.9 Å². The van der Waals surface area contributed by atoms with Crippen molar-refractivity contribution in [1.29, 1.82) is 0 Å². The number of benzene rings is 1. The Morgan fingerprint density at radius 1 is 1.16 bits per heavy atom. The Hall–Kier alpha value is -3.09. The van der Waals surface area contributed by atoms with E-state index in [0.29, 0.717) is 23.3 Å². The van der Waals surface area contributed by atoms with Gasteiger partial charge in [-0.2, -0.15) is 0 Å². The number of rotatable bonds is 5. The predicted molar refractivity (Wildman–Crippen MR) is 122 cm³/mol. The second-order valence-corrected chi connectivity index (χ2v) is 8.98. The van der Waals surface area contributed by atoms with Crippen molar-refractivity contribution in [3.8, 4) is 0 Å². The summed E-state index contributed by atoms with van der Waals surface area (Å²) in [6.45, 7) is 7.27. The van der Waals surface area contributed by atoms with Gasteiger partial charge >= 0.3 is 11.9 Å². The Labute approximate surface area is 189 Å². The molecule has 0 saturated heterocycles. The summed E-state index contributed by atoms with van der Waals surface area (Å²) < 4.78 is 10.5. The Bertz CT molecular complexity index is 988. The number of esters is 2. The van der Waals surface area contributed by atoms with Crippen LogP contribution in [0.5, 0.6) is 0 Å². The fraction of sp³-hybridized carbons (Fsp3) is 0.480. The number of methoxy groups -OCH3 is 1. The molecule has 0 amide bonds. The van der Waals surface area contributed by atoms with Crippen LogP contribution in [0.15, 0.2) is 46.8 Å². The predicted octanol–water partition coefficient (Wildman–Crippen LogP) is 3.32. The van der Waals surface area contributed by atoms with Gasteiger partial charge in [0.2, 0.25) is 0 Å². The van der Waals surface area contributed by atoms with Crippen molar-refractivity contribution in [2.75, 3.05) is 26.1 Å². The lowest BCUT2D eigenvalue weighted by atomic mass is 9.69. The monoisotopic (exact) mass is 440 g/mol. The first kappa shape index (κ1) is 23.6. The molecule has 0 bridgehead atoms. The number of allylic oxidation sites excluding steroid dienone is 3. The van der Waals surface area contributed by atoms with Crippen LogP contribution in [-0.2, 0) is 23.9 Å². The maximum absolute atomic E-state index is 13.6. The van der Waals surface area contributed by atoms with Crippen molar-refractivity contribution in [3.05, 3.63) is 52.4 Å². The van der Waals surface area contributed by atoms with Gasteiger partial charge in [0.15, 0.2) is 5.78 Å². The third-order valence-electron chi connectivity index (χ3n) is 6.05. The van der Waals surface area contributed by atoms with Crippen molar-refractivity contribution in [2.24, 2.45) is 11.8 Å². The highest BCUT2D eigenvalue weighted by molar-refractivity contribution is 6.12. The first-order valence-corrected chi connectivity index (χ1v) is 10.9. The van der Waals surface area contributed by atoms with Crippen molar-refractivity contribution in [2.45, 2.75) is 46.1 Å². The van der Waals surface area contributed by atoms with Crippen LogP contribution < -0.4 is 10.2 Å². The van der Waals surface area contributed by atoms with E-state index in [9.17, 15) is 14.4 Å². The van der Waals surface area contributed by atoms with Gasteiger partial charge in [-0.1, -0.05) is 19.1 Å². The Morgan fingerprint density at radius 3 is 2.31 bits per heavy atom. The summed E-state index contributed by atoms with van der Waals surface area (Å²) in [6, 6.07) is 7.74. The quantitative estimate of drug-likeness (QED) is 0.555. The molecule has 0 saturated carbocycles. The zero-order valence-electron chi connectivity index (χ0n) is 19.8. The van der Waals surface area contributed by atoms with E-state index >= 15 is 0 Å². The summed E-state index contributed by atoms with van der Waals surface area (Å²) in [5.74, 6) is -3.06. The second-order valence-electron chi connectivity index (χ2n) is 8.98. The van der Waals surface area contributed by atoms with Gasteiger partial charge in [-0.15, -0.1) is 0 Å². The molecule has 7 nitrogen and oxygen atoms in total. The fourth-order valence-corrected chi connectivity index (χ4v) is 4.53. The molecule has 2 aliphatic rings. The number of Topliss-reactive ketones (excluding diaryl/α,β-unsaturated/α-hetero) is 1. The smallest absolute Gasteiger partial charge is 0.337 e. The highest BCUT2D eigenvalue weighted by Crippen LogP contribution is 2.45. The Morgan fingerprint density at radius 2 is 1.78 bits per heavy atom. The number of dihydropyridines is 1. The van der Waals surface area contributed by atoms with Crippen LogP contribution >= 0.6 is 0 Å². The third-order valence-corrected chi connectivity index (χ3v) is 6.05. The van der Waals surface area contributed by atoms with Gasteiger partial charge in [0.05, 0.1) is 18.8 Å². The normalized spacial score (nSPS) is 23.0. The van der Waals surface area contributed by atoms with Crippen molar-refractivity contribution in [1.82, 2.24) is 5.32 Å². The van der Waals surface area contributed by atoms with E-state index in [2.05, 4.69) is 5.32 Å². The van der Waals surface area contributed by atoms with Gasteiger partial charge in [-0.05, 0) is 50.8 Å². The third kappa shape index (κ3) is 4.29. The van der Waals surface area contributed by atoms with E-state index in [1.54, 1.807) is 13.8 Å². The van der Waals surface area contributed by atoms with Crippen LogP contribution in [0.4, 0.5) is 5.69 Å². The molecule has 3 rings (SSSR count). The molecule has 1 aliphatic carbocycles. The number of carbonyl (C=O) groups is 3. The minimum atomic E-state index is -0.898. The zero-order valence-corrected chi connectivity index (χ0v) is 19.8. The number of ketones is 1. The average Bonchev–Trinajstić information content (AvgIpc) is 2.71. The van der Waals surface area contributed by atoms with Gasteiger partial charge in [0.1, 0.15) is 5.92 Å². The fourth-order valence-electron chi connectivity index (χ4n) is 4.53. The molecule has 0 unspecified atom stereocenters. The van der Waals surface area contributed by atoms with Gasteiger partial charge in [-0.3, -0.25) is 9.59 Å². The number of anilines is 1. The lowest BCUT2D eigenvalue weighted by Gasteiger charge is -2.38. The van der Waals surface area contributed by atoms with Crippen LogP contribution in [-0.4, -0.2) is 45.0 Å². The van der Waals surface area contributed by atoms with Gasteiger partial charge < -0.3 is 19.7 Å². The summed E-state index contributed by atoms with van der Waals surface area (Å²) in [6.07, 6.45) is 0.205. The average molecular weight is 441 g/mol. The van der Waals surface area contributed by atoms with Crippen LogP contribution in [0.3, 0.4) is 0 Å². The topological polar surface area (TPSA) is 84.9 Å². The first-order chi connectivity index (χ1) is 15.1. The van der Waals surface area contributed by atoms with Crippen molar-refractivity contribution >= 4 is 23.4 Å². The van der Waals surface area contributed by atoms with E-state index < -0.39 is 23.8 Å². The molecule has 0 aromatic heterocycles. The van der Waals surface area contributed by atoms with Crippen LogP contribution in [0, 0.1) is 11.8 Å². The summed E-state index contributed by atoms with van der Waals surface area (Å²) in [7, 11) is 5.18. The molecule has 32 heavy (non-hydrogen) atoms. The Kier molecular flexibility index (Phi) is 6.77. The number of ether oxygens (including phenoxy) is 2. The van der Waals surface area contributed by atoms with Crippen LogP contribution in [0.1, 0.15) is 45.6 Å². The molecule has 0 spiro atoms. The highest BCUT2D eigenvalue weighted by atomic mass is 16.5. The van der Waals surface area contributed by atoms with E-state index in [1.165, 1.54) is 7.11 Å². The van der Waals surface area contributed by atoms with Crippen molar-refractivity contribution in [3.63, 3.8) is 0 Å². The summed E-state index contributed by atoms with van der Waals surface area (Å²) in [4.78, 5) is 41.2. The number of nitrogens with one attached hydrogen (secondary N) is 1. The van der Waals surface area contributed by atoms with Gasteiger partial charge in [0.25, 0.3) is 0 Å². The maximum Gasteiger partial charge on any atom is 0.337 e. The van der Waals surface area contributed by atoms with Gasteiger partial charge in [0, 0.05) is 42.7 Å². The van der Waals surface area contributed by atoms with E-state index in [1.807, 2.05) is 57.1 Å². The van der Waals surface area contributed by atoms with E-state index in [-0.39, 0.29) is 17.8 Å². The molecule has 0 fully saturated rings. The summed E-state index contributed by atoms with van der Waals surface area (Å²) in [5, 5.41) is 3.27. The molecule has 1 aliphatic heterocycles. The number of hydrogen-bond acceptors (Lipinski definition) is 7. The molecular formula is C25H32N2O5. The lowest BCUT2D eigenvalue weighted by Crippen LogP contribution is -2.43. The largest absolute Gasteiger partial charge is 0.468 e. The molecule has 7 heteroatoms. The molecule has 1 aromatic rings. The molecule has 3 atom stereocenters. The highest BCUT2D eigenvalue weighted by Gasteiger charge is 2.47. The summed E-state index contributed by atoms with van der Waals surface area (Å²) >= 11 is 0. The molecule has 1 N–H and O–H groups in total. The first-order valence-electron chi connectivity index (χ1n) is 10.9. The lowest BCUT2D eigenvalue weighted by molar-refractivity contribution is -0.151. The van der Waals surface area contributed by atoms with Crippen LogP contribution in [0.2, 0.25) is 0 Å². The minimum Gasteiger partial charge on any atom is -0.468 e. The number of carbonyl (C=O) groups excluding carboxylic acids is 3. The molecule has 0 radical (unpaired) electrons. The summed E-state index contributed by atoms with van der Waals surface area (Å²) in [5.41, 5.74) is 4.04. The molecular weight excluding hydrogens is 408 g/mol. The van der Waals surface area contributed by atoms with E-state index in [0.717, 1.165) is 16.9 Å². The molecule has 1 aromatic carbocycles. The molecule has 1 heterocycles. The zero-order chi connectivity index (χ0) is 23.7. The standard InChI is InChI=1S/C25H32N2O5/c1-13(2)32-25(30)20-15(4)26-18-12-14(3)19(24(29)31-7)23(28)22(18)21(20)16-8-10-17(11-9-16)27(5)6/h8-11,13-14,19,21,26H,12H2,1-7H3/t14-,19-,21-/m0/s1.